The third-order valence-electron chi connectivity index (χ3n) is 5.02. The molecule has 0 spiro atoms. The molecule has 5 nitrogen and oxygen atoms in total. The summed E-state index contributed by atoms with van der Waals surface area (Å²) < 4.78 is 38.8. The minimum absolute atomic E-state index is 0.00744. The van der Waals surface area contributed by atoms with Gasteiger partial charge in [-0.15, -0.1) is 0 Å². The van der Waals surface area contributed by atoms with Crippen LogP contribution in [0, 0.1) is 11.6 Å². The molecule has 0 atom stereocenters. The first-order chi connectivity index (χ1) is 14.1. The van der Waals surface area contributed by atoms with Gasteiger partial charge in [0, 0.05) is 19.4 Å². The van der Waals surface area contributed by atoms with Crippen LogP contribution in [0.2, 0.25) is 0 Å². The van der Waals surface area contributed by atoms with Crippen LogP contribution in [0.25, 0.3) is 11.3 Å². The number of carbonyl (C=O) groups is 1. The Morgan fingerprint density at radius 1 is 1.21 bits per heavy atom. The van der Waals surface area contributed by atoms with E-state index < -0.39 is 11.6 Å². The minimum atomic E-state index is -0.721. The summed E-state index contributed by atoms with van der Waals surface area (Å²) in [5.74, 6) is -0.584. The van der Waals surface area contributed by atoms with E-state index in [1.54, 1.807) is 12.0 Å². The van der Waals surface area contributed by atoms with E-state index in [-0.39, 0.29) is 36.0 Å². The van der Waals surface area contributed by atoms with Gasteiger partial charge in [0.2, 0.25) is 5.91 Å². The number of aromatic nitrogens is 1. The first-order valence-corrected chi connectivity index (χ1v) is 9.44. The third kappa shape index (κ3) is 3.72. The van der Waals surface area contributed by atoms with Crippen molar-refractivity contribution in [2.45, 2.75) is 25.7 Å². The molecule has 0 bridgehead atoms. The van der Waals surface area contributed by atoms with Gasteiger partial charge in [-0.2, -0.15) is 0 Å². The quantitative estimate of drug-likeness (QED) is 0.633. The summed E-state index contributed by atoms with van der Waals surface area (Å²) in [6, 6.07) is 9.36. The van der Waals surface area contributed by atoms with Gasteiger partial charge >= 0.3 is 0 Å². The van der Waals surface area contributed by atoms with Crippen LogP contribution in [0.1, 0.15) is 24.3 Å². The fourth-order valence-electron chi connectivity index (χ4n) is 3.65. The molecule has 0 radical (unpaired) electrons. The van der Waals surface area contributed by atoms with Crippen LogP contribution in [0.5, 0.6) is 5.75 Å². The van der Waals surface area contributed by atoms with E-state index in [1.807, 2.05) is 18.2 Å². The number of amides is 1. The van der Waals surface area contributed by atoms with Crippen molar-refractivity contribution >= 4 is 11.6 Å². The number of fused-ring (bicyclic) bond motifs is 1. The third-order valence-corrected chi connectivity index (χ3v) is 5.02. The highest BCUT2D eigenvalue weighted by Gasteiger charge is 2.26. The van der Waals surface area contributed by atoms with Gasteiger partial charge in [-0.25, -0.2) is 13.8 Å². The molecule has 0 saturated carbocycles. The molecule has 7 heteroatoms. The fraction of sp³-hybridized carbons (Fsp3) is 0.273. The first kappa shape index (κ1) is 19.1. The summed E-state index contributed by atoms with van der Waals surface area (Å²) in [5.41, 5.74) is 1.64. The lowest BCUT2D eigenvalue weighted by Crippen LogP contribution is -2.36. The molecule has 0 fully saturated rings. The Balaban J connectivity index is 1.49. The minimum Gasteiger partial charge on any atom is -0.495 e. The highest BCUT2D eigenvalue weighted by Crippen LogP contribution is 2.36. The summed E-state index contributed by atoms with van der Waals surface area (Å²) >= 11 is 0. The summed E-state index contributed by atoms with van der Waals surface area (Å²) in [6.45, 7) is 0.615. The molecule has 1 aromatic heterocycles. The Hall–Kier alpha value is -3.22. The van der Waals surface area contributed by atoms with Crippen molar-refractivity contribution in [3.8, 4) is 17.1 Å². The van der Waals surface area contributed by atoms with Crippen molar-refractivity contribution in [2.75, 3.05) is 18.6 Å². The topological polar surface area (TPSA) is 55.6 Å². The van der Waals surface area contributed by atoms with Gasteiger partial charge in [-0.1, -0.05) is 18.2 Å². The van der Waals surface area contributed by atoms with Gasteiger partial charge < -0.3 is 14.1 Å². The first-order valence-electron chi connectivity index (χ1n) is 9.44. The molecule has 1 amide bonds. The number of oxazole rings is 1. The monoisotopic (exact) mass is 398 g/mol. The molecule has 0 unspecified atom stereocenters. The van der Waals surface area contributed by atoms with Crippen molar-refractivity contribution < 1.29 is 22.7 Å². The van der Waals surface area contributed by atoms with Crippen LogP contribution in [-0.2, 0) is 17.6 Å². The van der Waals surface area contributed by atoms with Gasteiger partial charge in [-0.05, 0) is 36.6 Å². The number of rotatable bonds is 5. The second kappa shape index (κ2) is 8.03. The SMILES string of the molecule is COc1cccc2c1N(C(=O)CCc1ncc(-c3c(F)cccc3F)o1)CCC2. The van der Waals surface area contributed by atoms with Crippen LogP contribution >= 0.6 is 0 Å². The van der Waals surface area contributed by atoms with Crippen LogP contribution < -0.4 is 9.64 Å². The predicted octanol–water partition coefficient (Wildman–Crippen LogP) is 4.54. The summed E-state index contributed by atoms with van der Waals surface area (Å²) in [7, 11) is 1.59. The smallest absolute Gasteiger partial charge is 0.227 e. The lowest BCUT2D eigenvalue weighted by atomic mass is 10.0. The van der Waals surface area contributed by atoms with E-state index in [0.29, 0.717) is 12.3 Å². The molecule has 0 saturated heterocycles. The number of aryl methyl sites for hydroxylation is 2. The van der Waals surface area contributed by atoms with Crippen molar-refractivity contribution in [1.82, 2.24) is 4.98 Å². The van der Waals surface area contributed by atoms with Crippen molar-refractivity contribution in [2.24, 2.45) is 0 Å². The van der Waals surface area contributed by atoms with Crippen molar-refractivity contribution in [3.05, 3.63) is 65.7 Å². The van der Waals surface area contributed by atoms with E-state index in [2.05, 4.69) is 4.98 Å². The van der Waals surface area contributed by atoms with Crippen molar-refractivity contribution in [3.63, 3.8) is 0 Å². The maximum atomic E-state index is 13.9. The van der Waals surface area contributed by atoms with Crippen LogP contribution in [0.4, 0.5) is 14.5 Å². The van der Waals surface area contributed by atoms with Gasteiger partial charge in [0.15, 0.2) is 11.7 Å². The molecule has 1 aliphatic heterocycles. The van der Waals surface area contributed by atoms with Gasteiger partial charge in [0.25, 0.3) is 0 Å². The molecule has 2 heterocycles. The molecule has 0 N–H and O–H groups in total. The zero-order valence-corrected chi connectivity index (χ0v) is 16.0. The Morgan fingerprint density at radius 3 is 2.72 bits per heavy atom. The Labute approximate surface area is 166 Å². The zero-order chi connectivity index (χ0) is 20.4. The lowest BCUT2D eigenvalue weighted by Gasteiger charge is -2.30. The average molecular weight is 398 g/mol. The fourth-order valence-corrected chi connectivity index (χ4v) is 3.65. The van der Waals surface area contributed by atoms with E-state index >= 15 is 0 Å². The van der Waals surface area contributed by atoms with E-state index in [0.717, 1.165) is 36.2 Å². The van der Waals surface area contributed by atoms with E-state index in [4.69, 9.17) is 9.15 Å². The number of ether oxygens (including phenoxy) is 1. The van der Waals surface area contributed by atoms with E-state index in [1.165, 1.54) is 12.3 Å². The predicted molar refractivity (Wildman–Crippen MR) is 104 cm³/mol. The standard InChI is InChI=1S/C22H20F2N2O3/c1-28-17-9-2-5-14-6-4-12-26(22(14)17)20(27)11-10-19-25-13-18(29-19)21-15(23)7-3-8-16(21)24/h2-3,5,7-9,13H,4,6,10-12H2,1H3. The highest BCUT2D eigenvalue weighted by atomic mass is 19.1. The number of hydrogen-bond acceptors (Lipinski definition) is 4. The number of carbonyl (C=O) groups excluding carboxylic acids is 1. The van der Waals surface area contributed by atoms with Crippen LogP contribution in [0.3, 0.4) is 0 Å². The molecule has 2 aromatic carbocycles. The Bertz CT molecular complexity index is 1010. The van der Waals surface area contributed by atoms with Gasteiger partial charge in [-0.3, -0.25) is 4.79 Å². The second-order valence-electron chi connectivity index (χ2n) is 6.83. The van der Waals surface area contributed by atoms with E-state index in [9.17, 15) is 13.6 Å². The van der Waals surface area contributed by atoms with Crippen molar-refractivity contribution in [1.29, 1.82) is 0 Å². The average Bonchev–Trinajstić information content (AvgIpc) is 3.19. The number of halogens is 2. The lowest BCUT2D eigenvalue weighted by molar-refractivity contribution is -0.118. The number of methoxy groups -OCH3 is 1. The molecule has 150 valence electrons. The molecular formula is C22H20F2N2O3. The maximum Gasteiger partial charge on any atom is 0.227 e. The largest absolute Gasteiger partial charge is 0.495 e. The Morgan fingerprint density at radius 2 is 1.97 bits per heavy atom. The molecule has 29 heavy (non-hydrogen) atoms. The molecule has 3 aromatic rings. The number of para-hydroxylation sites is 1. The number of nitrogens with zero attached hydrogens (tertiary/aromatic N) is 2. The van der Waals surface area contributed by atoms with Crippen LogP contribution in [-0.4, -0.2) is 24.5 Å². The summed E-state index contributed by atoms with van der Waals surface area (Å²) in [4.78, 5) is 18.7. The number of anilines is 1. The zero-order valence-electron chi connectivity index (χ0n) is 16.0. The molecule has 1 aliphatic rings. The molecule has 0 aliphatic carbocycles. The number of benzene rings is 2. The second-order valence-corrected chi connectivity index (χ2v) is 6.83. The summed E-state index contributed by atoms with van der Waals surface area (Å²) in [5, 5.41) is 0. The van der Waals surface area contributed by atoms with Crippen LogP contribution in [0.15, 0.2) is 47.0 Å². The normalized spacial score (nSPS) is 13.3. The summed E-state index contributed by atoms with van der Waals surface area (Å²) in [6.07, 6.45) is 3.45. The molecular weight excluding hydrogens is 378 g/mol. The maximum absolute atomic E-state index is 13.9. The Kier molecular flexibility index (Phi) is 5.29. The molecule has 4 rings (SSSR count). The highest BCUT2D eigenvalue weighted by molar-refractivity contribution is 5.96. The van der Waals surface area contributed by atoms with Gasteiger partial charge in [0.1, 0.15) is 17.4 Å². The number of hydrogen-bond donors (Lipinski definition) is 0. The van der Waals surface area contributed by atoms with Gasteiger partial charge in [0.05, 0.1) is 24.6 Å².